The summed E-state index contributed by atoms with van der Waals surface area (Å²) in [5.41, 5.74) is 0.887. The van der Waals surface area contributed by atoms with E-state index < -0.39 is 42.9 Å². The third kappa shape index (κ3) is 9.75. The zero-order valence-electron chi connectivity index (χ0n) is 21.2. The SMILES string of the molecule is CC(C)C[C@H](NC(=O)c1cnccn1)C(=O)N[C@@H](Cc1ccccc1)C(=O)N[C@H](CC(C)C)B(O)O. The van der Waals surface area contributed by atoms with Crippen LogP contribution in [0.5, 0.6) is 0 Å². The molecule has 0 aliphatic rings. The molecule has 0 fully saturated rings. The molecule has 2 aromatic rings. The molecule has 0 bridgehead atoms. The molecule has 0 unspecified atom stereocenters. The number of hydrogen-bond acceptors (Lipinski definition) is 7. The van der Waals surface area contributed by atoms with Crippen LogP contribution in [0.25, 0.3) is 0 Å². The number of benzene rings is 1. The van der Waals surface area contributed by atoms with Crippen LogP contribution >= 0.6 is 0 Å². The second kappa shape index (κ2) is 14.3. The maximum absolute atomic E-state index is 13.3. The van der Waals surface area contributed by atoms with Gasteiger partial charge in [0.15, 0.2) is 0 Å². The molecule has 0 saturated carbocycles. The molecule has 3 atom stereocenters. The largest absolute Gasteiger partial charge is 0.475 e. The van der Waals surface area contributed by atoms with E-state index in [1.54, 1.807) is 0 Å². The third-order valence-electron chi connectivity index (χ3n) is 5.45. The van der Waals surface area contributed by atoms with Crippen LogP contribution in [0.3, 0.4) is 0 Å². The number of hydrogen-bond donors (Lipinski definition) is 5. The van der Waals surface area contributed by atoms with Crippen molar-refractivity contribution in [1.82, 2.24) is 25.9 Å². The molecule has 10 nitrogen and oxygen atoms in total. The van der Waals surface area contributed by atoms with E-state index in [0.29, 0.717) is 12.8 Å². The number of nitrogens with one attached hydrogen (secondary N) is 3. The van der Waals surface area contributed by atoms with E-state index in [1.165, 1.54) is 18.6 Å². The summed E-state index contributed by atoms with van der Waals surface area (Å²) < 4.78 is 0. The lowest BCUT2D eigenvalue weighted by Gasteiger charge is -2.26. The Balaban J connectivity index is 2.23. The molecule has 0 saturated heterocycles. The molecule has 0 aliphatic heterocycles. The predicted molar refractivity (Wildman–Crippen MR) is 136 cm³/mol. The van der Waals surface area contributed by atoms with Gasteiger partial charge in [0.2, 0.25) is 11.8 Å². The van der Waals surface area contributed by atoms with E-state index in [0.717, 1.165) is 5.56 Å². The molecule has 0 spiro atoms. The molecule has 1 heterocycles. The molecule has 2 rings (SSSR count). The van der Waals surface area contributed by atoms with E-state index in [4.69, 9.17) is 0 Å². The minimum absolute atomic E-state index is 0.0734. The van der Waals surface area contributed by atoms with Crippen molar-refractivity contribution in [3.8, 4) is 0 Å². The molecule has 1 aromatic carbocycles. The lowest BCUT2D eigenvalue weighted by molar-refractivity contribution is -0.130. The molecule has 0 aliphatic carbocycles. The minimum Gasteiger partial charge on any atom is -0.426 e. The summed E-state index contributed by atoms with van der Waals surface area (Å²) in [6.45, 7) is 7.65. The van der Waals surface area contributed by atoms with E-state index in [-0.39, 0.29) is 24.0 Å². The molecule has 3 amide bonds. The van der Waals surface area contributed by atoms with Crippen molar-refractivity contribution in [2.24, 2.45) is 11.8 Å². The normalized spacial score (nSPS) is 13.6. The molecular formula is C25H36BN5O5. The number of nitrogens with zero attached hydrogens (tertiary/aromatic N) is 2. The highest BCUT2D eigenvalue weighted by atomic mass is 16.4. The monoisotopic (exact) mass is 497 g/mol. The van der Waals surface area contributed by atoms with E-state index in [1.807, 2.05) is 58.0 Å². The Morgan fingerprint density at radius 1 is 0.861 bits per heavy atom. The van der Waals surface area contributed by atoms with E-state index in [9.17, 15) is 24.4 Å². The molecular weight excluding hydrogens is 461 g/mol. The Hall–Kier alpha value is -3.31. The Bertz CT molecular complexity index is 975. The number of rotatable bonds is 13. The van der Waals surface area contributed by atoms with Crippen LogP contribution in [0.2, 0.25) is 0 Å². The van der Waals surface area contributed by atoms with Crippen molar-refractivity contribution in [3.05, 3.63) is 60.2 Å². The molecule has 0 radical (unpaired) electrons. The van der Waals surface area contributed by atoms with Crippen molar-refractivity contribution < 1.29 is 24.4 Å². The van der Waals surface area contributed by atoms with E-state index in [2.05, 4.69) is 25.9 Å². The van der Waals surface area contributed by atoms with Crippen molar-refractivity contribution in [2.75, 3.05) is 0 Å². The summed E-state index contributed by atoms with van der Waals surface area (Å²) in [6, 6.07) is 7.25. The summed E-state index contributed by atoms with van der Waals surface area (Å²) in [5, 5.41) is 27.6. The highest BCUT2D eigenvalue weighted by Gasteiger charge is 2.32. The summed E-state index contributed by atoms with van der Waals surface area (Å²) in [6.07, 6.45) is 5.00. The average Bonchev–Trinajstić information content (AvgIpc) is 2.83. The van der Waals surface area contributed by atoms with E-state index >= 15 is 0 Å². The zero-order valence-corrected chi connectivity index (χ0v) is 21.2. The molecule has 5 N–H and O–H groups in total. The van der Waals surface area contributed by atoms with Gasteiger partial charge in [0.05, 0.1) is 12.1 Å². The second-order valence-corrected chi connectivity index (χ2v) is 9.66. The lowest BCUT2D eigenvalue weighted by atomic mass is 9.75. The standard InChI is InChI=1S/C25H36BN5O5/c1-16(2)12-19(29-25(34)21-15-27-10-11-28-21)23(32)30-20(14-18-8-6-5-7-9-18)24(33)31-22(26(35)36)13-17(3)4/h5-11,15-17,19-20,22,35-36H,12-14H2,1-4H3,(H,29,34)(H,30,32)(H,31,33)/t19-,20-,22+/m0/s1. The first-order valence-electron chi connectivity index (χ1n) is 12.1. The molecule has 11 heteroatoms. The van der Waals surface area contributed by atoms with Crippen LogP contribution in [0.4, 0.5) is 0 Å². The Labute approximate surface area is 212 Å². The smallest absolute Gasteiger partial charge is 0.426 e. The van der Waals surface area contributed by atoms with Crippen molar-refractivity contribution in [3.63, 3.8) is 0 Å². The third-order valence-corrected chi connectivity index (χ3v) is 5.45. The zero-order chi connectivity index (χ0) is 26.7. The fraction of sp³-hybridized carbons (Fsp3) is 0.480. The summed E-state index contributed by atoms with van der Waals surface area (Å²) in [4.78, 5) is 47.0. The van der Waals surface area contributed by atoms with Gasteiger partial charge in [0, 0.05) is 18.8 Å². The minimum atomic E-state index is -1.75. The topological polar surface area (TPSA) is 154 Å². The predicted octanol–water partition coefficient (Wildman–Crippen LogP) is 0.892. The van der Waals surface area contributed by atoms with Gasteiger partial charge in [-0.1, -0.05) is 58.0 Å². The van der Waals surface area contributed by atoms with Crippen LogP contribution in [0, 0.1) is 11.8 Å². The molecule has 1 aromatic heterocycles. The van der Waals surface area contributed by atoms with Crippen molar-refractivity contribution in [2.45, 2.75) is 65.0 Å². The van der Waals surface area contributed by atoms with Gasteiger partial charge in [0.1, 0.15) is 17.8 Å². The first-order valence-corrected chi connectivity index (χ1v) is 12.1. The first kappa shape index (κ1) is 28.9. The lowest BCUT2D eigenvalue weighted by Crippen LogP contribution is -2.58. The van der Waals surface area contributed by atoms with Gasteiger partial charge < -0.3 is 26.0 Å². The summed E-state index contributed by atoms with van der Waals surface area (Å²) >= 11 is 0. The van der Waals surface area contributed by atoms with Crippen molar-refractivity contribution >= 4 is 24.8 Å². The quantitative estimate of drug-likeness (QED) is 0.258. The molecule has 194 valence electrons. The summed E-state index contributed by atoms with van der Waals surface area (Å²) in [7, 11) is -1.75. The molecule has 36 heavy (non-hydrogen) atoms. The highest BCUT2D eigenvalue weighted by Crippen LogP contribution is 2.10. The van der Waals surface area contributed by atoms with Gasteiger partial charge >= 0.3 is 7.12 Å². The highest BCUT2D eigenvalue weighted by molar-refractivity contribution is 6.43. The van der Waals surface area contributed by atoms with Crippen LogP contribution in [0.1, 0.15) is 56.6 Å². The van der Waals surface area contributed by atoms with Gasteiger partial charge in [-0.05, 0) is 30.2 Å². The second-order valence-electron chi connectivity index (χ2n) is 9.66. The fourth-order valence-corrected chi connectivity index (χ4v) is 3.73. The summed E-state index contributed by atoms with van der Waals surface area (Å²) in [5.74, 6) is -2.34. The van der Waals surface area contributed by atoms with Crippen LogP contribution in [-0.4, -0.2) is 62.9 Å². The van der Waals surface area contributed by atoms with Gasteiger partial charge in [-0.15, -0.1) is 0 Å². The Kier molecular flexibility index (Phi) is 11.5. The number of amides is 3. The van der Waals surface area contributed by atoms with Gasteiger partial charge in [-0.2, -0.15) is 0 Å². The first-order chi connectivity index (χ1) is 17.1. The number of aromatic nitrogens is 2. The van der Waals surface area contributed by atoms with Gasteiger partial charge in [-0.3, -0.25) is 19.4 Å². The van der Waals surface area contributed by atoms with Crippen LogP contribution in [0.15, 0.2) is 48.9 Å². The van der Waals surface area contributed by atoms with Crippen molar-refractivity contribution in [1.29, 1.82) is 0 Å². The van der Waals surface area contributed by atoms with Crippen LogP contribution < -0.4 is 16.0 Å². The Morgan fingerprint density at radius 2 is 1.50 bits per heavy atom. The van der Waals surface area contributed by atoms with Crippen LogP contribution in [-0.2, 0) is 16.0 Å². The fourth-order valence-electron chi connectivity index (χ4n) is 3.73. The maximum atomic E-state index is 13.3. The Morgan fingerprint density at radius 3 is 2.06 bits per heavy atom. The number of carbonyl (C=O) groups is 3. The van der Waals surface area contributed by atoms with Gasteiger partial charge in [-0.25, -0.2) is 4.98 Å². The van der Waals surface area contributed by atoms with Gasteiger partial charge in [0.25, 0.3) is 5.91 Å². The maximum Gasteiger partial charge on any atom is 0.475 e. The number of carbonyl (C=O) groups excluding carboxylic acids is 3. The average molecular weight is 497 g/mol.